The van der Waals surface area contributed by atoms with Gasteiger partial charge < -0.3 is 16.2 Å². The summed E-state index contributed by atoms with van der Waals surface area (Å²) in [6.07, 6.45) is 0.434. The standard InChI is InChI=1S/C5H6N4O2/c6-4-8-2-1-3(9-4)11-5(7)10/h1-2H,(H2,7,10)(H2,6,8,9). The number of nitrogens with zero attached hydrogens (tertiary/aromatic N) is 2. The first kappa shape index (κ1) is 7.26. The fourth-order valence-corrected chi connectivity index (χ4v) is 0.516. The lowest BCUT2D eigenvalue weighted by atomic mass is 10.6. The van der Waals surface area contributed by atoms with Gasteiger partial charge in [0.05, 0.1) is 0 Å². The number of nitrogens with two attached hydrogens (primary N) is 2. The van der Waals surface area contributed by atoms with Gasteiger partial charge in [-0.25, -0.2) is 9.78 Å². The molecule has 1 heterocycles. The first-order valence-corrected chi connectivity index (χ1v) is 2.74. The van der Waals surface area contributed by atoms with Gasteiger partial charge in [0, 0.05) is 12.3 Å². The van der Waals surface area contributed by atoms with Crippen LogP contribution in [-0.4, -0.2) is 16.1 Å². The zero-order valence-corrected chi connectivity index (χ0v) is 5.52. The van der Waals surface area contributed by atoms with Crippen LogP contribution in [-0.2, 0) is 0 Å². The molecule has 0 spiro atoms. The third kappa shape index (κ3) is 2.09. The van der Waals surface area contributed by atoms with Gasteiger partial charge in [0.1, 0.15) is 0 Å². The topological polar surface area (TPSA) is 104 Å². The van der Waals surface area contributed by atoms with Gasteiger partial charge in [-0.2, -0.15) is 4.98 Å². The van der Waals surface area contributed by atoms with Crippen LogP contribution in [0.15, 0.2) is 12.3 Å². The van der Waals surface area contributed by atoms with Crippen LogP contribution < -0.4 is 16.2 Å². The Balaban J connectivity index is 2.79. The van der Waals surface area contributed by atoms with Gasteiger partial charge in [-0.05, 0) is 0 Å². The fraction of sp³-hybridized carbons (Fsp3) is 0. The predicted octanol–water partition coefficient (Wildman–Crippen LogP) is -0.484. The van der Waals surface area contributed by atoms with Crippen LogP contribution in [0, 0.1) is 0 Å². The number of amides is 1. The Labute approximate surface area is 62.2 Å². The number of nitrogen functional groups attached to an aromatic ring is 1. The maximum absolute atomic E-state index is 10.2. The lowest BCUT2D eigenvalue weighted by Gasteiger charge is -1.97. The molecule has 58 valence electrons. The molecular formula is C5H6N4O2. The van der Waals surface area contributed by atoms with Gasteiger partial charge in [-0.3, -0.25) is 0 Å². The molecule has 0 bridgehead atoms. The number of hydrogen-bond acceptors (Lipinski definition) is 5. The maximum Gasteiger partial charge on any atom is 0.411 e. The van der Waals surface area contributed by atoms with Crippen LogP contribution in [0.4, 0.5) is 10.7 Å². The summed E-state index contributed by atoms with van der Waals surface area (Å²) >= 11 is 0. The number of hydrogen-bond donors (Lipinski definition) is 2. The van der Waals surface area contributed by atoms with E-state index in [1.54, 1.807) is 0 Å². The van der Waals surface area contributed by atoms with E-state index >= 15 is 0 Å². The van der Waals surface area contributed by atoms with Crippen molar-refractivity contribution >= 4 is 12.0 Å². The highest BCUT2D eigenvalue weighted by molar-refractivity contribution is 5.67. The molecular weight excluding hydrogens is 148 g/mol. The molecule has 0 aliphatic heterocycles. The summed E-state index contributed by atoms with van der Waals surface area (Å²) in [5, 5.41) is 0. The number of ether oxygens (including phenoxy) is 1. The van der Waals surface area contributed by atoms with Crippen molar-refractivity contribution in [2.45, 2.75) is 0 Å². The first-order valence-electron chi connectivity index (χ1n) is 2.74. The molecule has 0 saturated heterocycles. The molecule has 4 N–H and O–H groups in total. The van der Waals surface area contributed by atoms with E-state index in [9.17, 15) is 4.79 Å². The Morgan fingerprint density at radius 3 is 2.91 bits per heavy atom. The number of primary amides is 1. The number of carbonyl (C=O) groups is 1. The molecule has 0 unspecified atom stereocenters. The van der Waals surface area contributed by atoms with Crippen molar-refractivity contribution in [2.24, 2.45) is 5.73 Å². The molecule has 6 heteroatoms. The number of rotatable bonds is 1. The van der Waals surface area contributed by atoms with Crippen molar-refractivity contribution < 1.29 is 9.53 Å². The summed E-state index contributed by atoms with van der Waals surface area (Å²) in [7, 11) is 0. The molecule has 11 heavy (non-hydrogen) atoms. The van der Waals surface area contributed by atoms with E-state index in [1.165, 1.54) is 12.3 Å². The van der Waals surface area contributed by atoms with Crippen molar-refractivity contribution in [1.82, 2.24) is 9.97 Å². The van der Waals surface area contributed by atoms with E-state index in [0.717, 1.165) is 0 Å². The summed E-state index contributed by atoms with van der Waals surface area (Å²) in [4.78, 5) is 17.3. The Hall–Kier alpha value is -1.85. The van der Waals surface area contributed by atoms with Crippen molar-refractivity contribution in [3.05, 3.63) is 12.3 Å². The maximum atomic E-state index is 10.2. The quantitative estimate of drug-likeness (QED) is 0.568. The lowest BCUT2D eigenvalue weighted by Crippen LogP contribution is -2.17. The SMILES string of the molecule is NC(=O)Oc1ccnc(N)n1. The third-order valence-electron chi connectivity index (χ3n) is 0.854. The minimum atomic E-state index is -0.928. The third-order valence-corrected chi connectivity index (χ3v) is 0.854. The first-order chi connectivity index (χ1) is 5.18. The van der Waals surface area contributed by atoms with Crippen LogP contribution in [0.5, 0.6) is 5.88 Å². The average Bonchev–Trinajstić information content (AvgIpc) is 1.85. The largest absolute Gasteiger partial charge is 0.411 e. The highest BCUT2D eigenvalue weighted by Crippen LogP contribution is 2.04. The van der Waals surface area contributed by atoms with Crippen LogP contribution >= 0.6 is 0 Å². The second kappa shape index (κ2) is 2.82. The summed E-state index contributed by atoms with van der Waals surface area (Å²) in [6.45, 7) is 0. The van der Waals surface area contributed by atoms with E-state index in [4.69, 9.17) is 11.5 Å². The zero-order chi connectivity index (χ0) is 8.27. The molecule has 0 aliphatic rings. The molecule has 6 nitrogen and oxygen atoms in total. The second-order valence-electron chi connectivity index (χ2n) is 1.67. The fourth-order valence-electron chi connectivity index (χ4n) is 0.516. The van der Waals surface area contributed by atoms with Crippen molar-refractivity contribution in [3.63, 3.8) is 0 Å². The molecule has 0 aliphatic carbocycles. The van der Waals surface area contributed by atoms with Crippen LogP contribution in [0.1, 0.15) is 0 Å². The summed E-state index contributed by atoms with van der Waals surface area (Å²) in [5.74, 6) is 0.0775. The molecule has 0 fully saturated rings. The second-order valence-corrected chi connectivity index (χ2v) is 1.67. The van der Waals surface area contributed by atoms with E-state index in [-0.39, 0.29) is 11.8 Å². The highest BCUT2D eigenvalue weighted by Gasteiger charge is 1.99. The normalized spacial score (nSPS) is 9.09. The monoisotopic (exact) mass is 154 g/mol. The van der Waals surface area contributed by atoms with E-state index < -0.39 is 6.09 Å². The average molecular weight is 154 g/mol. The van der Waals surface area contributed by atoms with E-state index in [0.29, 0.717) is 0 Å². The van der Waals surface area contributed by atoms with E-state index in [1.807, 2.05) is 0 Å². The minimum Gasteiger partial charge on any atom is -0.391 e. The van der Waals surface area contributed by atoms with Crippen LogP contribution in [0.3, 0.4) is 0 Å². The predicted molar refractivity (Wildman–Crippen MR) is 36.7 cm³/mol. The molecule has 0 radical (unpaired) electrons. The van der Waals surface area contributed by atoms with Crippen molar-refractivity contribution in [2.75, 3.05) is 5.73 Å². The number of aromatic nitrogens is 2. The van der Waals surface area contributed by atoms with Crippen molar-refractivity contribution in [3.8, 4) is 5.88 Å². The molecule has 0 saturated carbocycles. The molecule has 1 amide bonds. The summed E-state index contributed by atoms with van der Waals surface area (Å²) in [6, 6.07) is 1.38. The zero-order valence-electron chi connectivity index (χ0n) is 5.52. The Morgan fingerprint density at radius 2 is 2.36 bits per heavy atom. The van der Waals surface area contributed by atoms with Gasteiger partial charge in [-0.15, -0.1) is 0 Å². The molecule has 1 aromatic rings. The number of anilines is 1. The summed E-state index contributed by atoms with van der Waals surface area (Å²) in [5.41, 5.74) is 9.89. The Kier molecular flexibility index (Phi) is 1.86. The van der Waals surface area contributed by atoms with E-state index in [2.05, 4.69) is 14.7 Å². The Morgan fingerprint density at radius 1 is 1.64 bits per heavy atom. The molecule has 0 atom stereocenters. The smallest absolute Gasteiger partial charge is 0.391 e. The van der Waals surface area contributed by atoms with Crippen molar-refractivity contribution in [1.29, 1.82) is 0 Å². The van der Waals surface area contributed by atoms with Gasteiger partial charge in [-0.1, -0.05) is 0 Å². The molecule has 1 rings (SSSR count). The van der Waals surface area contributed by atoms with Gasteiger partial charge in [0.2, 0.25) is 11.8 Å². The summed E-state index contributed by atoms with van der Waals surface area (Å²) < 4.78 is 4.40. The van der Waals surface area contributed by atoms with Crippen LogP contribution in [0.2, 0.25) is 0 Å². The van der Waals surface area contributed by atoms with Crippen LogP contribution in [0.25, 0.3) is 0 Å². The Bertz CT molecular complexity index is 275. The molecule has 1 aromatic heterocycles. The lowest BCUT2D eigenvalue weighted by molar-refractivity contribution is 0.209. The van der Waals surface area contributed by atoms with Gasteiger partial charge in [0.25, 0.3) is 0 Å². The van der Waals surface area contributed by atoms with Gasteiger partial charge >= 0.3 is 6.09 Å². The number of carbonyl (C=O) groups excluding carboxylic acids is 1. The minimum absolute atomic E-state index is 0.0313. The van der Waals surface area contributed by atoms with Gasteiger partial charge in [0.15, 0.2) is 0 Å². The molecule has 0 aromatic carbocycles. The highest BCUT2D eigenvalue weighted by atomic mass is 16.6.